The van der Waals surface area contributed by atoms with Crippen LogP contribution >= 0.6 is 0 Å². The van der Waals surface area contributed by atoms with Crippen molar-refractivity contribution in [3.05, 3.63) is 18.3 Å². The smallest absolute Gasteiger partial charge is 0.326 e. The average molecular weight is 224 g/mol. The number of nitrogens with zero attached hydrogens (tertiary/aromatic N) is 1. The summed E-state index contributed by atoms with van der Waals surface area (Å²) >= 11 is 0. The number of ether oxygens (including phenoxy) is 1. The number of hydrogen-bond donors (Lipinski definition) is 2. The third kappa shape index (κ3) is 3.12. The predicted molar refractivity (Wildman–Crippen MR) is 60.7 cm³/mol. The Morgan fingerprint density at radius 2 is 2.25 bits per heavy atom. The summed E-state index contributed by atoms with van der Waals surface area (Å²) in [5.41, 5.74) is 0.688. The third-order valence-electron chi connectivity index (χ3n) is 2.20. The summed E-state index contributed by atoms with van der Waals surface area (Å²) in [6.07, 6.45) is 1.57. The third-order valence-corrected chi connectivity index (χ3v) is 2.20. The molecule has 0 aliphatic heterocycles. The van der Waals surface area contributed by atoms with Crippen molar-refractivity contribution in [1.29, 1.82) is 0 Å². The first-order chi connectivity index (χ1) is 7.54. The second-order valence-corrected chi connectivity index (χ2v) is 3.79. The van der Waals surface area contributed by atoms with Crippen molar-refractivity contribution in [2.45, 2.75) is 19.9 Å². The summed E-state index contributed by atoms with van der Waals surface area (Å²) < 4.78 is 4.96. The van der Waals surface area contributed by atoms with Crippen LogP contribution in [0.2, 0.25) is 0 Å². The van der Waals surface area contributed by atoms with E-state index in [1.165, 1.54) is 7.11 Å². The number of anilines is 1. The molecule has 0 fully saturated rings. The van der Waals surface area contributed by atoms with Gasteiger partial charge in [-0.05, 0) is 12.0 Å². The number of methoxy groups -OCH3 is 1. The highest BCUT2D eigenvalue weighted by Gasteiger charge is 2.20. The Kier molecular flexibility index (Phi) is 4.10. The van der Waals surface area contributed by atoms with E-state index >= 15 is 0 Å². The molecule has 0 aliphatic rings. The molecule has 0 saturated heterocycles. The molecule has 1 unspecified atom stereocenters. The van der Waals surface area contributed by atoms with Gasteiger partial charge in [0.15, 0.2) is 0 Å². The first kappa shape index (κ1) is 12.3. The largest absolute Gasteiger partial charge is 0.481 e. The van der Waals surface area contributed by atoms with Crippen LogP contribution in [0, 0.1) is 5.92 Å². The Hall–Kier alpha value is -1.78. The van der Waals surface area contributed by atoms with E-state index < -0.39 is 12.0 Å². The Bertz CT molecular complexity index is 366. The number of aliphatic carboxylic acids is 1. The Balaban J connectivity index is 2.81. The van der Waals surface area contributed by atoms with E-state index in [9.17, 15) is 4.79 Å². The normalized spacial score (nSPS) is 12.2. The van der Waals surface area contributed by atoms with Gasteiger partial charge in [0.1, 0.15) is 6.04 Å². The molecule has 0 aromatic carbocycles. The molecule has 5 heteroatoms. The first-order valence-electron chi connectivity index (χ1n) is 5.04. The summed E-state index contributed by atoms with van der Waals surface area (Å²) in [5, 5.41) is 12.0. The molecule has 5 nitrogen and oxygen atoms in total. The van der Waals surface area contributed by atoms with E-state index in [1.807, 2.05) is 13.8 Å². The number of pyridine rings is 1. The molecule has 1 aromatic rings. The fourth-order valence-electron chi connectivity index (χ4n) is 1.30. The number of aromatic nitrogens is 1. The van der Waals surface area contributed by atoms with E-state index in [1.54, 1.807) is 18.3 Å². The van der Waals surface area contributed by atoms with Crippen molar-refractivity contribution in [3.8, 4) is 5.88 Å². The Morgan fingerprint density at radius 1 is 1.56 bits per heavy atom. The molecule has 1 rings (SSSR count). The van der Waals surface area contributed by atoms with Gasteiger partial charge in [-0.2, -0.15) is 0 Å². The maximum absolute atomic E-state index is 11.0. The lowest BCUT2D eigenvalue weighted by molar-refractivity contribution is -0.138. The van der Waals surface area contributed by atoms with Gasteiger partial charge >= 0.3 is 5.97 Å². The van der Waals surface area contributed by atoms with Crippen LogP contribution in [0.4, 0.5) is 5.69 Å². The Morgan fingerprint density at radius 3 is 2.75 bits per heavy atom. The van der Waals surface area contributed by atoms with Gasteiger partial charge in [-0.1, -0.05) is 13.8 Å². The quantitative estimate of drug-likeness (QED) is 0.795. The van der Waals surface area contributed by atoms with Gasteiger partial charge in [-0.15, -0.1) is 0 Å². The zero-order chi connectivity index (χ0) is 12.1. The van der Waals surface area contributed by atoms with Crippen LogP contribution in [0.15, 0.2) is 18.3 Å². The number of carboxylic acids is 1. The lowest BCUT2D eigenvalue weighted by atomic mass is 10.0. The molecule has 1 atom stereocenters. The van der Waals surface area contributed by atoms with Gasteiger partial charge in [0.25, 0.3) is 0 Å². The minimum Gasteiger partial charge on any atom is -0.481 e. The zero-order valence-corrected chi connectivity index (χ0v) is 9.60. The fraction of sp³-hybridized carbons (Fsp3) is 0.455. The number of nitrogens with one attached hydrogen (secondary N) is 1. The average Bonchev–Trinajstić information content (AvgIpc) is 2.25. The molecule has 0 bridgehead atoms. The second-order valence-electron chi connectivity index (χ2n) is 3.79. The molecule has 16 heavy (non-hydrogen) atoms. The molecule has 0 radical (unpaired) electrons. The lowest BCUT2D eigenvalue weighted by Crippen LogP contribution is -2.34. The SMILES string of the molecule is COc1cc(NC(C(=O)O)C(C)C)ccn1. The standard InChI is InChI=1S/C11H16N2O3/c1-7(2)10(11(14)15)13-8-4-5-12-9(6-8)16-3/h4-7,10H,1-3H3,(H,12,13)(H,14,15). The molecular weight excluding hydrogens is 208 g/mol. The highest BCUT2D eigenvalue weighted by atomic mass is 16.5. The molecule has 1 heterocycles. The highest BCUT2D eigenvalue weighted by molar-refractivity contribution is 5.77. The minimum absolute atomic E-state index is 0.00309. The van der Waals surface area contributed by atoms with Crippen LogP contribution in [0.3, 0.4) is 0 Å². The molecule has 88 valence electrons. The molecule has 0 aliphatic carbocycles. The number of carbonyl (C=O) groups is 1. The molecular formula is C11H16N2O3. The summed E-state index contributed by atoms with van der Waals surface area (Å²) in [5.74, 6) is -0.416. The van der Waals surface area contributed by atoms with Gasteiger partial charge < -0.3 is 15.2 Å². The van der Waals surface area contributed by atoms with Gasteiger partial charge in [-0.25, -0.2) is 9.78 Å². The van der Waals surface area contributed by atoms with E-state index in [-0.39, 0.29) is 5.92 Å². The predicted octanol–water partition coefficient (Wildman–Crippen LogP) is 1.61. The van der Waals surface area contributed by atoms with Crippen LogP contribution in [-0.4, -0.2) is 29.2 Å². The van der Waals surface area contributed by atoms with Crippen LogP contribution < -0.4 is 10.1 Å². The first-order valence-corrected chi connectivity index (χ1v) is 5.04. The molecule has 0 spiro atoms. The van der Waals surface area contributed by atoms with E-state index in [2.05, 4.69) is 10.3 Å². The zero-order valence-electron chi connectivity index (χ0n) is 9.60. The molecule has 0 saturated carbocycles. The maximum Gasteiger partial charge on any atom is 0.326 e. The van der Waals surface area contributed by atoms with Crippen LogP contribution in [0.25, 0.3) is 0 Å². The Labute approximate surface area is 94.5 Å². The van der Waals surface area contributed by atoms with Crippen molar-refractivity contribution in [2.75, 3.05) is 12.4 Å². The maximum atomic E-state index is 11.0. The van der Waals surface area contributed by atoms with Crippen LogP contribution in [-0.2, 0) is 4.79 Å². The molecule has 1 aromatic heterocycles. The monoisotopic (exact) mass is 224 g/mol. The van der Waals surface area contributed by atoms with E-state index in [0.717, 1.165) is 0 Å². The number of carboxylic acid groups (broad SMARTS) is 1. The van der Waals surface area contributed by atoms with E-state index in [0.29, 0.717) is 11.6 Å². The van der Waals surface area contributed by atoms with Gasteiger partial charge in [-0.3, -0.25) is 0 Å². The van der Waals surface area contributed by atoms with Crippen molar-refractivity contribution >= 4 is 11.7 Å². The van der Waals surface area contributed by atoms with Gasteiger partial charge in [0.05, 0.1) is 7.11 Å². The second kappa shape index (κ2) is 5.34. The molecule has 0 amide bonds. The topological polar surface area (TPSA) is 71.5 Å². The van der Waals surface area contributed by atoms with Crippen molar-refractivity contribution < 1.29 is 14.6 Å². The summed E-state index contributed by atoms with van der Waals surface area (Å²) in [6, 6.07) is 2.76. The summed E-state index contributed by atoms with van der Waals surface area (Å²) in [6.45, 7) is 3.70. The van der Waals surface area contributed by atoms with Crippen molar-refractivity contribution in [2.24, 2.45) is 5.92 Å². The highest BCUT2D eigenvalue weighted by Crippen LogP contribution is 2.16. The van der Waals surface area contributed by atoms with Gasteiger partial charge in [0, 0.05) is 18.0 Å². The molecule has 2 N–H and O–H groups in total. The number of rotatable bonds is 5. The van der Waals surface area contributed by atoms with Crippen LogP contribution in [0.1, 0.15) is 13.8 Å². The fourth-order valence-corrected chi connectivity index (χ4v) is 1.30. The lowest BCUT2D eigenvalue weighted by Gasteiger charge is -2.19. The van der Waals surface area contributed by atoms with Gasteiger partial charge in [0.2, 0.25) is 5.88 Å². The van der Waals surface area contributed by atoms with Crippen molar-refractivity contribution in [1.82, 2.24) is 4.98 Å². The number of hydrogen-bond acceptors (Lipinski definition) is 4. The summed E-state index contributed by atoms with van der Waals surface area (Å²) in [4.78, 5) is 14.9. The van der Waals surface area contributed by atoms with Crippen LogP contribution in [0.5, 0.6) is 5.88 Å². The minimum atomic E-state index is -0.870. The van der Waals surface area contributed by atoms with Crippen molar-refractivity contribution in [3.63, 3.8) is 0 Å². The van der Waals surface area contributed by atoms with E-state index in [4.69, 9.17) is 9.84 Å². The summed E-state index contributed by atoms with van der Waals surface area (Å²) in [7, 11) is 1.52.